The van der Waals surface area contributed by atoms with E-state index in [1.54, 1.807) is 12.1 Å². The minimum absolute atomic E-state index is 0.170. The average Bonchev–Trinajstić information content (AvgIpc) is 2.79. The molecular formula is C14H13Cl2N3O2. The second-order valence-corrected chi connectivity index (χ2v) is 5.92. The predicted molar refractivity (Wildman–Crippen MR) is 82.5 cm³/mol. The lowest BCUT2D eigenvalue weighted by Crippen LogP contribution is -2.16. The maximum atomic E-state index is 11.9. The van der Waals surface area contributed by atoms with Crippen molar-refractivity contribution in [3.8, 4) is 11.6 Å². The van der Waals surface area contributed by atoms with Crippen molar-refractivity contribution < 1.29 is 4.74 Å². The van der Waals surface area contributed by atoms with Crippen LogP contribution in [0, 0.1) is 0 Å². The van der Waals surface area contributed by atoms with E-state index >= 15 is 0 Å². The molecule has 0 radical (unpaired) electrons. The number of rotatable bonds is 2. The highest BCUT2D eigenvalue weighted by Gasteiger charge is 2.27. The van der Waals surface area contributed by atoms with E-state index in [-0.39, 0.29) is 17.2 Å². The molecule has 1 aliphatic carbocycles. The smallest absolute Gasteiger partial charge is 0.268 e. The number of H-pyrrole nitrogens is 1. The third-order valence-electron chi connectivity index (χ3n) is 3.63. The van der Waals surface area contributed by atoms with Crippen molar-refractivity contribution >= 4 is 28.9 Å². The highest BCUT2D eigenvalue weighted by molar-refractivity contribution is 6.37. The first-order valence-corrected chi connectivity index (χ1v) is 7.26. The second kappa shape index (κ2) is 5.24. The van der Waals surface area contributed by atoms with Crippen molar-refractivity contribution in [1.29, 1.82) is 0 Å². The Bertz CT molecular complexity index is 750. The number of hydrogen-bond acceptors (Lipinski definition) is 4. The van der Waals surface area contributed by atoms with E-state index in [1.807, 2.05) is 6.92 Å². The van der Waals surface area contributed by atoms with Gasteiger partial charge in [-0.25, -0.2) is 5.10 Å². The molecule has 7 heteroatoms. The lowest BCUT2D eigenvalue weighted by molar-refractivity contribution is 0.448. The molecule has 0 aliphatic heterocycles. The van der Waals surface area contributed by atoms with Gasteiger partial charge in [-0.15, -0.1) is 5.10 Å². The molecule has 21 heavy (non-hydrogen) atoms. The molecule has 0 bridgehead atoms. The molecule has 0 saturated carbocycles. The van der Waals surface area contributed by atoms with Gasteiger partial charge in [0.1, 0.15) is 0 Å². The summed E-state index contributed by atoms with van der Waals surface area (Å²) >= 11 is 12.2. The summed E-state index contributed by atoms with van der Waals surface area (Å²) < 4.78 is 5.74. The Kier molecular flexibility index (Phi) is 3.55. The first-order chi connectivity index (χ1) is 9.97. The monoisotopic (exact) mass is 325 g/mol. The van der Waals surface area contributed by atoms with Crippen LogP contribution in [0.2, 0.25) is 10.0 Å². The predicted octanol–water partition coefficient (Wildman–Crippen LogP) is 3.50. The molecule has 1 aliphatic rings. The van der Waals surface area contributed by atoms with Gasteiger partial charge in [0.05, 0.1) is 10.0 Å². The fraction of sp³-hybridized carbons (Fsp3) is 0.286. The molecule has 1 aromatic heterocycles. The summed E-state index contributed by atoms with van der Waals surface area (Å²) in [6, 6.07) is 3.11. The van der Waals surface area contributed by atoms with Crippen LogP contribution in [-0.4, -0.2) is 10.2 Å². The number of halogens is 2. The number of nitrogen functional groups attached to an aromatic ring is 1. The van der Waals surface area contributed by atoms with Gasteiger partial charge in [-0.05, 0) is 30.9 Å². The second-order valence-electron chi connectivity index (χ2n) is 5.11. The van der Waals surface area contributed by atoms with Gasteiger partial charge >= 0.3 is 0 Å². The lowest BCUT2D eigenvalue weighted by Gasteiger charge is -2.12. The summed E-state index contributed by atoms with van der Waals surface area (Å²) in [5.41, 5.74) is 7.48. The first kappa shape index (κ1) is 14.2. The minimum Gasteiger partial charge on any atom is -0.434 e. The van der Waals surface area contributed by atoms with E-state index in [4.69, 9.17) is 33.7 Å². The molecule has 2 aromatic rings. The van der Waals surface area contributed by atoms with Crippen LogP contribution in [0.15, 0.2) is 16.9 Å². The van der Waals surface area contributed by atoms with Crippen LogP contribution in [0.25, 0.3) is 0 Å². The number of nitrogens with zero attached hydrogens (tertiary/aromatic N) is 1. The lowest BCUT2D eigenvalue weighted by atomic mass is 10.1. The summed E-state index contributed by atoms with van der Waals surface area (Å²) in [6.45, 7) is 2.01. The quantitative estimate of drug-likeness (QED) is 0.828. The molecule has 5 nitrogen and oxygen atoms in total. The molecule has 1 unspecified atom stereocenters. The number of aromatic amines is 1. The van der Waals surface area contributed by atoms with Crippen molar-refractivity contribution in [2.45, 2.75) is 25.7 Å². The van der Waals surface area contributed by atoms with Gasteiger partial charge in [-0.2, -0.15) is 0 Å². The van der Waals surface area contributed by atoms with Crippen LogP contribution < -0.4 is 16.0 Å². The summed E-state index contributed by atoms with van der Waals surface area (Å²) in [5, 5.41) is 7.03. The topological polar surface area (TPSA) is 81.0 Å². The zero-order valence-electron chi connectivity index (χ0n) is 11.2. The Hall–Kier alpha value is -1.72. The maximum absolute atomic E-state index is 11.9. The highest BCUT2D eigenvalue weighted by Crippen LogP contribution is 2.41. The van der Waals surface area contributed by atoms with Crippen molar-refractivity contribution in [3.63, 3.8) is 0 Å². The molecule has 0 amide bonds. The average molecular weight is 326 g/mol. The van der Waals surface area contributed by atoms with Gasteiger partial charge in [-0.1, -0.05) is 30.1 Å². The summed E-state index contributed by atoms with van der Waals surface area (Å²) in [7, 11) is 0. The fourth-order valence-corrected chi connectivity index (χ4v) is 3.19. The van der Waals surface area contributed by atoms with Gasteiger partial charge in [0.2, 0.25) is 5.88 Å². The molecule has 0 fully saturated rings. The largest absolute Gasteiger partial charge is 0.434 e. The Morgan fingerprint density at radius 1 is 1.38 bits per heavy atom. The van der Waals surface area contributed by atoms with E-state index in [2.05, 4.69) is 10.2 Å². The summed E-state index contributed by atoms with van der Waals surface area (Å²) in [6.07, 6.45) is 1.64. The van der Waals surface area contributed by atoms with Gasteiger partial charge in [0.15, 0.2) is 5.75 Å². The van der Waals surface area contributed by atoms with Gasteiger partial charge in [0, 0.05) is 16.8 Å². The Balaban J connectivity index is 2.07. The van der Waals surface area contributed by atoms with Crippen LogP contribution in [0.3, 0.4) is 0 Å². The highest BCUT2D eigenvalue weighted by atomic mass is 35.5. The standard InChI is InChI=1S/C14H13Cl2N3O2/c1-6-2-3-8-11(6)13(20)18-19-14(8)21-12-9(15)4-7(17)5-10(12)16/h4-6H,2-3,17H2,1H3,(H,18,20). The molecule has 1 heterocycles. The number of anilines is 1. The van der Waals surface area contributed by atoms with E-state index in [0.717, 1.165) is 24.0 Å². The number of aromatic nitrogens is 2. The maximum Gasteiger partial charge on any atom is 0.268 e. The van der Waals surface area contributed by atoms with Crippen LogP contribution in [0.5, 0.6) is 11.6 Å². The van der Waals surface area contributed by atoms with E-state index < -0.39 is 0 Å². The first-order valence-electron chi connectivity index (χ1n) is 6.51. The molecule has 1 atom stereocenters. The van der Waals surface area contributed by atoms with E-state index in [9.17, 15) is 4.79 Å². The van der Waals surface area contributed by atoms with Crippen molar-refractivity contribution in [2.75, 3.05) is 5.73 Å². The van der Waals surface area contributed by atoms with Crippen molar-refractivity contribution in [3.05, 3.63) is 43.7 Å². The molecule has 0 saturated heterocycles. The Morgan fingerprint density at radius 2 is 2.05 bits per heavy atom. The van der Waals surface area contributed by atoms with Crippen LogP contribution in [0.4, 0.5) is 5.69 Å². The molecule has 3 rings (SSSR count). The normalized spacial score (nSPS) is 16.8. The fourth-order valence-electron chi connectivity index (χ4n) is 2.61. The summed E-state index contributed by atoms with van der Waals surface area (Å²) in [4.78, 5) is 11.9. The van der Waals surface area contributed by atoms with E-state index in [1.165, 1.54) is 0 Å². The zero-order valence-corrected chi connectivity index (χ0v) is 12.8. The number of ether oxygens (including phenoxy) is 1. The molecule has 3 N–H and O–H groups in total. The molecule has 0 spiro atoms. The number of nitrogens with one attached hydrogen (secondary N) is 1. The SMILES string of the molecule is CC1CCc2c(Oc3c(Cl)cc(N)cc3Cl)n[nH]c(=O)c21. The Labute approximate surface area is 131 Å². The zero-order chi connectivity index (χ0) is 15.1. The number of benzene rings is 1. The van der Waals surface area contributed by atoms with E-state index in [0.29, 0.717) is 21.6 Å². The molecule has 1 aromatic carbocycles. The van der Waals surface area contributed by atoms with Crippen LogP contribution in [0.1, 0.15) is 30.4 Å². The minimum atomic E-state index is -0.170. The third-order valence-corrected chi connectivity index (χ3v) is 4.19. The number of nitrogens with two attached hydrogens (primary N) is 1. The summed E-state index contributed by atoms with van der Waals surface area (Å²) in [5.74, 6) is 0.808. The van der Waals surface area contributed by atoms with Gasteiger partial charge < -0.3 is 10.5 Å². The van der Waals surface area contributed by atoms with Gasteiger partial charge in [0.25, 0.3) is 5.56 Å². The molecule has 110 valence electrons. The molecular weight excluding hydrogens is 313 g/mol. The van der Waals surface area contributed by atoms with Crippen LogP contribution >= 0.6 is 23.2 Å². The van der Waals surface area contributed by atoms with Crippen molar-refractivity contribution in [2.24, 2.45) is 0 Å². The number of fused-ring (bicyclic) bond motifs is 1. The Morgan fingerprint density at radius 3 is 2.71 bits per heavy atom. The third kappa shape index (κ3) is 2.47. The van der Waals surface area contributed by atoms with Gasteiger partial charge in [-0.3, -0.25) is 4.79 Å². The van der Waals surface area contributed by atoms with Crippen LogP contribution in [-0.2, 0) is 6.42 Å². The number of hydrogen-bond donors (Lipinski definition) is 2. The van der Waals surface area contributed by atoms with Crippen molar-refractivity contribution in [1.82, 2.24) is 10.2 Å².